The monoisotopic (exact) mass is 315 g/mol. The number of nitrogens with zero attached hydrogens (tertiary/aromatic N) is 1. The summed E-state index contributed by atoms with van der Waals surface area (Å²) in [5.41, 5.74) is 0.0804. The first-order valence-electron chi connectivity index (χ1n) is 6.31. The zero-order valence-corrected chi connectivity index (χ0v) is 12.4. The Morgan fingerprint density at radius 3 is 2.68 bits per heavy atom. The molecule has 22 heavy (non-hydrogen) atoms. The fourth-order valence-electron chi connectivity index (χ4n) is 1.86. The van der Waals surface area contributed by atoms with Crippen molar-refractivity contribution in [1.29, 1.82) is 5.26 Å². The number of benzene rings is 2. The second-order valence-corrected chi connectivity index (χ2v) is 4.77. The van der Waals surface area contributed by atoms with E-state index in [4.69, 9.17) is 16.3 Å². The third kappa shape index (κ3) is 3.33. The van der Waals surface area contributed by atoms with Crippen molar-refractivity contribution in [3.63, 3.8) is 0 Å². The van der Waals surface area contributed by atoms with E-state index in [0.717, 1.165) is 6.08 Å². The first kappa shape index (κ1) is 15.7. The average molecular weight is 316 g/mol. The largest absolute Gasteiger partial charge is 0.497 e. The van der Waals surface area contributed by atoms with Gasteiger partial charge in [-0.05, 0) is 30.3 Å². The van der Waals surface area contributed by atoms with E-state index in [-0.39, 0.29) is 21.7 Å². The number of rotatable bonds is 4. The van der Waals surface area contributed by atoms with E-state index >= 15 is 0 Å². The minimum Gasteiger partial charge on any atom is -0.497 e. The maximum atomic E-state index is 13.8. The van der Waals surface area contributed by atoms with Crippen molar-refractivity contribution in [2.24, 2.45) is 0 Å². The van der Waals surface area contributed by atoms with E-state index < -0.39 is 11.6 Å². The lowest BCUT2D eigenvalue weighted by atomic mass is 10.0. The molecule has 2 aromatic rings. The maximum Gasteiger partial charge on any atom is 0.203 e. The van der Waals surface area contributed by atoms with Crippen LogP contribution < -0.4 is 4.74 Å². The molecular weight excluding hydrogens is 305 g/mol. The predicted molar refractivity (Wildman–Crippen MR) is 82.3 cm³/mol. The molecule has 0 spiro atoms. The summed E-state index contributed by atoms with van der Waals surface area (Å²) in [5.74, 6) is -0.633. The molecule has 0 radical (unpaired) electrons. The van der Waals surface area contributed by atoms with Gasteiger partial charge >= 0.3 is 0 Å². The topological polar surface area (TPSA) is 50.1 Å². The molecule has 2 rings (SSSR count). The molecule has 0 unspecified atom stereocenters. The molecule has 0 saturated carbocycles. The standard InChI is InChI=1S/C17H11ClFNO2/c1-22-13-5-2-4-11(8-13)17(21)12(10-20)9-14-15(18)6-3-7-16(14)19/h2-9H,1H3/b12-9+. The third-order valence-electron chi connectivity index (χ3n) is 2.99. The lowest BCUT2D eigenvalue weighted by Crippen LogP contribution is -2.02. The molecule has 0 fully saturated rings. The number of ether oxygens (including phenoxy) is 1. The summed E-state index contributed by atoms with van der Waals surface area (Å²) >= 11 is 5.90. The Balaban J connectivity index is 2.45. The number of nitriles is 1. The van der Waals surface area contributed by atoms with Crippen molar-refractivity contribution in [1.82, 2.24) is 0 Å². The van der Waals surface area contributed by atoms with Gasteiger partial charge in [-0.15, -0.1) is 0 Å². The van der Waals surface area contributed by atoms with Crippen molar-refractivity contribution >= 4 is 23.5 Å². The summed E-state index contributed by atoms with van der Waals surface area (Å²) < 4.78 is 18.8. The Morgan fingerprint density at radius 1 is 1.32 bits per heavy atom. The number of methoxy groups -OCH3 is 1. The number of ketones is 1. The van der Waals surface area contributed by atoms with Gasteiger partial charge < -0.3 is 4.74 Å². The Hall–Kier alpha value is -2.64. The first-order chi connectivity index (χ1) is 10.6. The molecule has 0 aliphatic rings. The lowest BCUT2D eigenvalue weighted by molar-refractivity contribution is 0.103. The van der Waals surface area contributed by atoms with Gasteiger partial charge in [0.25, 0.3) is 0 Å². The molecule has 0 aromatic heterocycles. The summed E-state index contributed by atoms with van der Waals surface area (Å²) in [6.45, 7) is 0. The van der Waals surface area contributed by atoms with Crippen molar-refractivity contribution in [2.45, 2.75) is 0 Å². The van der Waals surface area contributed by atoms with Crippen molar-refractivity contribution in [3.8, 4) is 11.8 Å². The minimum atomic E-state index is -0.598. The number of hydrogen-bond acceptors (Lipinski definition) is 3. The second-order valence-electron chi connectivity index (χ2n) is 4.37. The molecule has 110 valence electrons. The van der Waals surface area contributed by atoms with E-state index in [9.17, 15) is 14.4 Å². The van der Waals surface area contributed by atoms with E-state index in [0.29, 0.717) is 5.75 Å². The van der Waals surface area contributed by atoms with Crippen LogP contribution in [-0.2, 0) is 0 Å². The maximum absolute atomic E-state index is 13.8. The van der Waals surface area contributed by atoms with Crippen molar-refractivity contribution in [3.05, 3.63) is 70.0 Å². The van der Waals surface area contributed by atoms with E-state index in [1.54, 1.807) is 24.3 Å². The Bertz CT molecular complexity index is 773. The molecule has 5 heteroatoms. The van der Waals surface area contributed by atoms with Crippen molar-refractivity contribution < 1.29 is 13.9 Å². The zero-order chi connectivity index (χ0) is 16.1. The van der Waals surface area contributed by atoms with Gasteiger partial charge in [0.05, 0.1) is 12.1 Å². The number of allylic oxidation sites excluding steroid dienone is 1. The highest BCUT2D eigenvalue weighted by Gasteiger charge is 2.15. The molecule has 0 heterocycles. The van der Waals surface area contributed by atoms with Crippen LogP contribution in [0.15, 0.2) is 48.0 Å². The smallest absolute Gasteiger partial charge is 0.203 e. The van der Waals surface area contributed by atoms with E-state index in [1.807, 2.05) is 0 Å². The Morgan fingerprint density at radius 2 is 2.05 bits per heavy atom. The third-order valence-corrected chi connectivity index (χ3v) is 3.31. The molecule has 0 aliphatic heterocycles. The number of carbonyl (C=O) groups excluding carboxylic acids is 1. The molecular formula is C17H11ClFNO2. The fraction of sp³-hybridized carbons (Fsp3) is 0.0588. The van der Waals surface area contributed by atoms with Gasteiger partial charge in [0, 0.05) is 11.1 Å². The molecule has 0 atom stereocenters. The quantitative estimate of drug-likeness (QED) is 0.481. The van der Waals surface area contributed by atoms with E-state index in [1.165, 1.54) is 31.4 Å². The van der Waals surface area contributed by atoms with Crippen LogP contribution in [0, 0.1) is 17.1 Å². The SMILES string of the molecule is COc1cccc(C(=O)/C(C#N)=C/c2c(F)cccc2Cl)c1. The molecule has 0 amide bonds. The number of halogens is 2. The average Bonchev–Trinajstić information content (AvgIpc) is 2.54. The number of Topliss-reactive ketones (excluding diaryl/α,β-unsaturated/α-hetero) is 1. The number of hydrogen-bond donors (Lipinski definition) is 0. The van der Waals surface area contributed by atoms with Gasteiger partial charge in [0.1, 0.15) is 23.2 Å². The van der Waals surface area contributed by atoms with E-state index in [2.05, 4.69) is 0 Å². The predicted octanol–water partition coefficient (Wildman–Crippen LogP) is 4.28. The molecule has 0 aliphatic carbocycles. The van der Waals surface area contributed by atoms with Crippen LogP contribution in [0.3, 0.4) is 0 Å². The van der Waals surface area contributed by atoms with Crippen molar-refractivity contribution in [2.75, 3.05) is 7.11 Å². The Labute approximate surface area is 132 Å². The van der Waals surface area contributed by atoms with Crippen LogP contribution >= 0.6 is 11.6 Å². The number of carbonyl (C=O) groups is 1. The van der Waals surface area contributed by atoms with Crippen LogP contribution in [-0.4, -0.2) is 12.9 Å². The fourth-order valence-corrected chi connectivity index (χ4v) is 2.08. The van der Waals surface area contributed by atoms with Crippen LogP contribution in [0.2, 0.25) is 5.02 Å². The lowest BCUT2D eigenvalue weighted by Gasteiger charge is -2.04. The van der Waals surface area contributed by atoms with Crippen LogP contribution in [0.1, 0.15) is 15.9 Å². The molecule has 3 nitrogen and oxygen atoms in total. The van der Waals surface area contributed by atoms with Gasteiger partial charge in [0.2, 0.25) is 5.78 Å². The highest BCUT2D eigenvalue weighted by molar-refractivity contribution is 6.32. The molecule has 0 N–H and O–H groups in total. The Kier molecular flexibility index (Phi) is 4.92. The van der Waals surface area contributed by atoms with Gasteiger partial charge in [-0.3, -0.25) is 4.79 Å². The second kappa shape index (κ2) is 6.88. The summed E-state index contributed by atoms with van der Waals surface area (Å²) in [6.07, 6.45) is 1.15. The molecule has 0 saturated heterocycles. The minimum absolute atomic E-state index is 0.0111. The highest BCUT2D eigenvalue weighted by atomic mass is 35.5. The molecule has 0 bridgehead atoms. The zero-order valence-electron chi connectivity index (χ0n) is 11.6. The van der Waals surface area contributed by atoms with Crippen LogP contribution in [0.5, 0.6) is 5.75 Å². The van der Waals surface area contributed by atoms with Crippen LogP contribution in [0.4, 0.5) is 4.39 Å². The summed E-state index contributed by atoms with van der Waals surface area (Å²) in [5, 5.41) is 9.32. The first-order valence-corrected chi connectivity index (χ1v) is 6.69. The summed E-state index contributed by atoms with van der Waals surface area (Å²) in [7, 11) is 1.48. The van der Waals surface area contributed by atoms with Gasteiger partial charge in [0.15, 0.2) is 0 Å². The highest BCUT2D eigenvalue weighted by Crippen LogP contribution is 2.23. The normalized spacial score (nSPS) is 10.9. The summed E-state index contributed by atoms with van der Waals surface area (Å²) in [6, 6.07) is 12.3. The van der Waals surface area contributed by atoms with Gasteiger partial charge in [-0.25, -0.2) is 4.39 Å². The summed E-state index contributed by atoms with van der Waals surface area (Å²) in [4.78, 5) is 12.4. The van der Waals surface area contributed by atoms with Gasteiger partial charge in [-0.1, -0.05) is 29.8 Å². The van der Waals surface area contributed by atoms with Gasteiger partial charge in [-0.2, -0.15) is 5.26 Å². The van der Waals surface area contributed by atoms with Crippen LogP contribution in [0.25, 0.3) is 6.08 Å². The molecule has 2 aromatic carbocycles.